The molecule has 0 aliphatic carbocycles. The lowest BCUT2D eigenvalue weighted by molar-refractivity contribution is -0.133. The zero-order valence-corrected chi connectivity index (χ0v) is 11.4. The second kappa shape index (κ2) is 11.2. The van der Waals surface area contributed by atoms with Crippen LogP contribution < -0.4 is 0 Å². The maximum atomic E-state index is 10.8. The first kappa shape index (κ1) is 18.3. The highest BCUT2D eigenvalue weighted by Crippen LogP contribution is 2.10. The second-order valence-corrected chi connectivity index (χ2v) is 4.30. The molecule has 0 radical (unpaired) electrons. The Labute approximate surface area is 118 Å². The van der Waals surface area contributed by atoms with Crippen molar-refractivity contribution >= 4 is 11.9 Å². The number of rotatable bonds is 11. The van der Waals surface area contributed by atoms with Gasteiger partial charge in [0.15, 0.2) is 0 Å². The third-order valence-corrected chi connectivity index (χ3v) is 2.75. The van der Waals surface area contributed by atoms with Gasteiger partial charge in [-0.05, 0) is 25.7 Å². The zero-order valence-electron chi connectivity index (χ0n) is 11.4. The number of hydrogen-bond acceptors (Lipinski definition) is 4. The Morgan fingerprint density at radius 2 is 1.10 bits per heavy atom. The number of aliphatic carboxylic acids is 2. The first-order valence-corrected chi connectivity index (χ1v) is 6.59. The first-order chi connectivity index (χ1) is 9.52. The molecule has 0 spiro atoms. The lowest BCUT2D eigenvalue weighted by Crippen LogP contribution is -2.03. The van der Waals surface area contributed by atoms with Gasteiger partial charge >= 0.3 is 11.9 Å². The van der Waals surface area contributed by atoms with Crippen LogP contribution in [0.5, 0.6) is 0 Å². The monoisotopic (exact) mass is 286 g/mol. The Balaban J connectivity index is 4.07. The van der Waals surface area contributed by atoms with E-state index in [4.69, 9.17) is 20.4 Å². The van der Waals surface area contributed by atoms with Crippen LogP contribution >= 0.6 is 0 Å². The van der Waals surface area contributed by atoms with Gasteiger partial charge in [-0.3, -0.25) is 0 Å². The van der Waals surface area contributed by atoms with E-state index in [9.17, 15) is 9.59 Å². The Hall–Kier alpha value is -1.66. The predicted molar refractivity (Wildman–Crippen MR) is 73.3 cm³/mol. The fourth-order valence-electron chi connectivity index (χ4n) is 1.67. The minimum atomic E-state index is -1.02. The van der Waals surface area contributed by atoms with Crippen molar-refractivity contribution in [1.82, 2.24) is 0 Å². The normalized spacial score (nSPS) is 12.5. The highest BCUT2D eigenvalue weighted by atomic mass is 16.4. The number of aliphatic hydroxyl groups is 2. The Morgan fingerprint density at radius 3 is 1.35 bits per heavy atom. The largest absolute Gasteiger partial charge is 0.478 e. The van der Waals surface area contributed by atoms with E-state index in [0.29, 0.717) is 12.8 Å². The molecule has 0 saturated carbocycles. The van der Waals surface area contributed by atoms with E-state index < -0.39 is 11.9 Å². The minimum Gasteiger partial charge on any atom is -0.478 e. The molecule has 0 rings (SSSR count). The molecule has 0 aromatic rings. The van der Waals surface area contributed by atoms with E-state index in [1.807, 2.05) is 0 Å². The molecule has 20 heavy (non-hydrogen) atoms. The second-order valence-electron chi connectivity index (χ2n) is 4.30. The summed E-state index contributed by atoms with van der Waals surface area (Å²) < 4.78 is 0. The van der Waals surface area contributed by atoms with Crippen LogP contribution in [0.1, 0.15) is 38.5 Å². The summed E-state index contributed by atoms with van der Waals surface area (Å²) in [6.45, 7) is -0.381. The SMILES string of the molecule is O=C(O)/C(=C/CCCC/C=C(\CCO)C(=O)O)CCO. The quantitative estimate of drug-likeness (QED) is 0.336. The fraction of sp³-hybridized carbons (Fsp3) is 0.571. The van der Waals surface area contributed by atoms with Crippen LogP contribution in [0.3, 0.4) is 0 Å². The lowest BCUT2D eigenvalue weighted by atomic mass is 10.1. The summed E-state index contributed by atoms with van der Waals surface area (Å²) in [7, 11) is 0. The van der Waals surface area contributed by atoms with Crippen LogP contribution in [0.4, 0.5) is 0 Å². The van der Waals surface area contributed by atoms with Crippen LogP contribution in [-0.2, 0) is 9.59 Å². The van der Waals surface area contributed by atoms with Crippen molar-refractivity contribution in [2.45, 2.75) is 38.5 Å². The molecule has 0 aromatic carbocycles. The van der Waals surface area contributed by atoms with Crippen LogP contribution in [0, 0.1) is 0 Å². The number of carbonyl (C=O) groups is 2. The summed E-state index contributed by atoms with van der Waals surface area (Å²) >= 11 is 0. The number of carboxylic acids is 2. The van der Waals surface area contributed by atoms with Crippen molar-refractivity contribution in [1.29, 1.82) is 0 Å². The van der Waals surface area contributed by atoms with Crippen LogP contribution in [0.15, 0.2) is 23.3 Å². The minimum absolute atomic E-state index is 0.134. The smallest absolute Gasteiger partial charge is 0.331 e. The number of allylic oxidation sites excluding steroid dienone is 2. The number of carboxylic acid groups (broad SMARTS) is 2. The summed E-state index contributed by atoms with van der Waals surface area (Å²) in [6, 6.07) is 0. The lowest BCUT2D eigenvalue weighted by Gasteiger charge is -2.01. The van der Waals surface area contributed by atoms with Crippen molar-refractivity contribution in [2.24, 2.45) is 0 Å². The molecule has 6 heteroatoms. The number of unbranched alkanes of at least 4 members (excludes halogenated alkanes) is 3. The van der Waals surface area contributed by atoms with Crippen molar-refractivity contribution in [2.75, 3.05) is 13.2 Å². The molecule has 6 nitrogen and oxygen atoms in total. The number of aliphatic hydroxyl groups excluding tert-OH is 2. The van der Waals surface area contributed by atoms with Crippen LogP contribution in [-0.4, -0.2) is 45.6 Å². The third kappa shape index (κ3) is 8.44. The molecule has 0 fully saturated rings. The van der Waals surface area contributed by atoms with E-state index in [0.717, 1.165) is 12.8 Å². The van der Waals surface area contributed by atoms with E-state index in [2.05, 4.69) is 0 Å². The van der Waals surface area contributed by atoms with Crippen molar-refractivity contribution in [3.05, 3.63) is 23.3 Å². The maximum Gasteiger partial charge on any atom is 0.331 e. The number of hydrogen-bond donors (Lipinski definition) is 4. The molecular weight excluding hydrogens is 264 g/mol. The molecular formula is C14H22O6. The highest BCUT2D eigenvalue weighted by molar-refractivity contribution is 5.86. The van der Waals surface area contributed by atoms with E-state index >= 15 is 0 Å². The molecule has 0 aliphatic rings. The van der Waals surface area contributed by atoms with E-state index in [-0.39, 0.29) is 37.2 Å². The molecule has 0 unspecified atom stereocenters. The van der Waals surface area contributed by atoms with Crippen LogP contribution in [0.25, 0.3) is 0 Å². The van der Waals surface area contributed by atoms with Gasteiger partial charge < -0.3 is 20.4 Å². The van der Waals surface area contributed by atoms with Gasteiger partial charge in [0.25, 0.3) is 0 Å². The molecule has 0 atom stereocenters. The van der Waals surface area contributed by atoms with Gasteiger partial charge in [-0.25, -0.2) is 9.59 Å². The molecule has 0 aliphatic heterocycles. The first-order valence-electron chi connectivity index (χ1n) is 6.59. The summed E-state index contributed by atoms with van der Waals surface area (Å²) in [5.74, 6) is -2.04. The van der Waals surface area contributed by atoms with E-state index in [1.54, 1.807) is 12.2 Å². The average molecular weight is 286 g/mol. The molecule has 0 amide bonds. The van der Waals surface area contributed by atoms with Crippen molar-refractivity contribution in [3.63, 3.8) is 0 Å². The summed E-state index contributed by atoms with van der Waals surface area (Å²) in [4.78, 5) is 21.5. The third-order valence-electron chi connectivity index (χ3n) is 2.75. The summed E-state index contributed by atoms with van der Waals surface area (Å²) in [6.07, 6.45) is 6.09. The average Bonchev–Trinajstić information content (AvgIpc) is 2.39. The molecule has 0 heterocycles. The summed E-state index contributed by atoms with van der Waals surface area (Å²) in [5, 5.41) is 35.0. The summed E-state index contributed by atoms with van der Waals surface area (Å²) in [5.41, 5.74) is 0.407. The topological polar surface area (TPSA) is 115 Å². The highest BCUT2D eigenvalue weighted by Gasteiger charge is 2.06. The standard InChI is InChI=1S/C14H22O6/c15-9-7-11(13(17)18)5-3-1-2-4-6-12(8-10-16)14(19)20/h5-6,15-16H,1-4,7-10H2,(H,17,18)(H,19,20)/b11-5+,12-6+. The van der Waals surface area contributed by atoms with Gasteiger partial charge in [0.05, 0.1) is 0 Å². The Morgan fingerprint density at radius 1 is 0.750 bits per heavy atom. The molecule has 0 saturated heterocycles. The predicted octanol–water partition coefficient (Wildman–Crippen LogP) is 1.33. The fourth-order valence-corrected chi connectivity index (χ4v) is 1.67. The molecule has 0 aromatic heterocycles. The van der Waals surface area contributed by atoms with E-state index in [1.165, 1.54) is 0 Å². The van der Waals surface area contributed by atoms with Gasteiger partial charge in [-0.2, -0.15) is 0 Å². The Bertz CT molecular complexity index is 334. The van der Waals surface area contributed by atoms with Crippen molar-refractivity contribution < 1.29 is 30.0 Å². The molecule has 0 bridgehead atoms. The van der Waals surface area contributed by atoms with Crippen LogP contribution in [0.2, 0.25) is 0 Å². The van der Waals surface area contributed by atoms with Crippen molar-refractivity contribution in [3.8, 4) is 0 Å². The van der Waals surface area contributed by atoms with Gasteiger partial charge in [0.1, 0.15) is 0 Å². The van der Waals surface area contributed by atoms with Gasteiger partial charge in [0, 0.05) is 37.2 Å². The molecule has 4 N–H and O–H groups in total. The molecule has 114 valence electrons. The maximum absolute atomic E-state index is 10.8. The van der Waals surface area contributed by atoms with Gasteiger partial charge in [-0.15, -0.1) is 0 Å². The van der Waals surface area contributed by atoms with Gasteiger partial charge in [0.2, 0.25) is 0 Å². The van der Waals surface area contributed by atoms with Gasteiger partial charge in [-0.1, -0.05) is 12.2 Å². The zero-order chi connectivity index (χ0) is 15.4. The Kier molecular flexibility index (Phi) is 10.3.